The zero-order valence-corrected chi connectivity index (χ0v) is 34.0. The van der Waals surface area contributed by atoms with Crippen molar-refractivity contribution in [3.05, 3.63) is 243 Å². The van der Waals surface area contributed by atoms with Crippen LogP contribution in [0.2, 0.25) is 0 Å². The van der Waals surface area contributed by atoms with Gasteiger partial charge in [-0.25, -0.2) is 0 Å². The molecule has 62 heavy (non-hydrogen) atoms. The number of nitrogens with zero attached hydrogens (tertiary/aromatic N) is 2. The largest absolute Gasteiger partial charge is 0.309 e. The van der Waals surface area contributed by atoms with E-state index < -0.39 is 0 Å². The number of rotatable bonds is 7. The Morgan fingerprint density at radius 2 is 0.548 bits per heavy atom. The second kappa shape index (κ2) is 14.8. The summed E-state index contributed by atoms with van der Waals surface area (Å²) >= 11 is 0. The normalized spacial score (nSPS) is 11.5. The highest BCUT2D eigenvalue weighted by molar-refractivity contribution is 6.18. The summed E-state index contributed by atoms with van der Waals surface area (Å²) in [4.78, 5) is 0. The average molecular weight is 789 g/mol. The molecule has 0 radical (unpaired) electrons. The molecule has 0 spiro atoms. The molecule has 0 atom stereocenters. The lowest BCUT2D eigenvalue weighted by Gasteiger charge is -2.10. The van der Waals surface area contributed by atoms with E-state index in [9.17, 15) is 0 Å². The highest BCUT2D eigenvalue weighted by Gasteiger charge is 2.19. The molecular formula is C60H40N2. The van der Waals surface area contributed by atoms with Gasteiger partial charge in [0.1, 0.15) is 0 Å². The molecule has 290 valence electrons. The smallest absolute Gasteiger partial charge is 0.0547 e. The molecule has 0 aliphatic heterocycles. The Bertz CT molecular complexity index is 3560. The number of aromatic nitrogens is 2. The number of hydrogen-bond acceptors (Lipinski definition) is 0. The molecular weight excluding hydrogens is 749 g/mol. The maximum Gasteiger partial charge on any atom is 0.0547 e. The van der Waals surface area contributed by atoms with Crippen LogP contribution >= 0.6 is 0 Å². The fourth-order valence-corrected chi connectivity index (χ4v) is 9.64. The van der Waals surface area contributed by atoms with Crippen LogP contribution in [0.25, 0.3) is 111 Å². The summed E-state index contributed by atoms with van der Waals surface area (Å²) in [5.74, 6) is 0. The second-order valence-corrected chi connectivity index (χ2v) is 16.1. The van der Waals surface area contributed by atoms with Crippen molar-refractivity contribution in [3.8, 4) is 67.0 Å². The first-order valence-electron chi connectivity index (χ1n) is 21.3. The maximum atomic E-state index is 2.42. The third-order valence-corrected chi connectivity index (χ3v) is 12.5. The number of para-hydroxylation sites is 1. The topological polar surface area (TPSA) is 9.86 Å². The van der Waals surface area contributed by atoms with Gasteiger partial charge in [-0.05, 0) is 116 Å². The first-order valence-corrected chi connectivity index (χ1v) is 21.3. The van der Waals surface area contributed by atoms with Gasteiger partial charge in [0.25, 0.3) is 0 Å². The van der Waals surface area contributed by atoms with Gasteiger partial charge >= 0.3 is 0 Å². The Labute approximate surface area is 360 Å². The average Bonchev–Trinajstić information content (AvgIpc) is 3.87. The third-order valence-electron chi connectivity index (χ3n) is 12.5. The minimum atomic E-state index is 1.15. The second-order valence-electron chi connectivity index (χ2n) is 16.1. The van der Waals surface area contributed by atoms with Crippen LogP contribution in [0.3, 0.4) is 0 Å². The van der Waals surface area contributed by atoms with Gasteiger partial charge in [-0.15, -0.1) is 0 Å². The van der Waals surface area contributed by atoms with Crippen LogP contribution in [0.15, 0.2) is 243 Å². The van der Waals surface area contributed by atoms with Crippen molar-refractivity contribution in [2.24, 2.45) is 0 Å². The first-order chi connectivity index (χ1) is 30.8. The van der Waals surface area contributed by atoms with Crippen LogP contribution in [0.5, 0.6) is 0 Å². The van der Waals surface area contributed by atoms with E-state index >= 15 is 0 Å². The molecule has 2 nitrogen and oxygen atoms in total. The Morgan fingerprint density at radius 1 is 0.210 bits per heavy atom. The lowest BCUT2D eigenvalue weighted by atomic mass is 9.95. The summed E-state index contributed by atoms with van der Waals surface area (Å²) in [6, 6.07) is 88.3. The number of benzene rings is 10. The molecule has 0 saturated heterocycles. The molecule has 0 bridgehead atoms. The van der Waals surface area contributed by atoms with Gasteiger partial charge in [0.2, 0.25) is 0 Å². The molecule has 0 N–H and O–H groups in total. The molecule has 0 aliphatic rings. The molecule has 0 saturated carbocycles. The van der Waals surface area contributed by atoms with E-state index in [2.05, 4.69) is 252 Å². The molecule has 2 heterocycles. The van der Waals surface area contributed by atoms with Crippen molar-refractivity contribution in [3.63, 3.8) is 0 Å². The van der Waals surface area contributed by atoms with E-state index in [1.807, 2.05) is 0 Å². The summed E-state index contributed by atoms with van der Waals surface area (Å²) in [6.07, 6.45) is 0. The van der Waals surface area contributed by atoms with Gasteiger partial charge in [-0.1, -0.05) is 182 Å². The number of fused-ring (bicyclic) bond motifs is 6. The van der Waals surface area contributed by atoms with Crippen LogP contribution in [0.1, 0.15) is 0 Å². The fraction of sp³-hybridized carbons (Fsp3) is 0. The highest BCUT2D eigenvalue weighted by Crippen LogP contribution is 2.42. The van der Waals surface area contributed by atoms with Crippen molar-refractivity contribution in [1.82, 2.24) is 9.13 Å². The van der Waals surface area contributed by atoms with Crippen molar-refractivity contribution >= 4 is 43.6 Å². The van der Waals surface area contributed by atoms with E-state index in [0.717, 1.165) is 11.4 Å². The molecule has 0 aliphatic carbocycles. The molecule has 12 rings (SSSR count). The van der Waals surface area contributed by atoms with E-state index in [0.29, 0.717) is 0 Å². The first kappa shape index (κ1) is 35.7. The van der Waals surface area contributed by atoms with E-state index in [1.54, 1.807) is 0 Å². The minimum absolute atomic E-state index is 1.15. The van der Waals surface area contributed by atoms with Gasteiger partial charge in [0.15, 0.2) is 0 Å². The summed E-state index contributed by atoms with van der Waals surface area (Å²) in [5.41, 5.74) is 19.2. The lowest BCUT2D eigenvalue weighted by molar-refractivity contribution is 1.18. The third kappa shape index (κ3) is 5.96. The summed E-state index contributed by atoms with van der Waals surface area (Å²) in [6.45, 7) is 0. The monoisotopic (exact) mass is 788 g/mol. The van der Waals surface area contributed by atoms with Gasteiger partial charge in [-0.2, -0.15) is 0 Å². The summed E-state index contributed by atoms with van der Waals surface area (Å²) in [7, 11) is 0. The minimum Gasteiger partial charge on any atom is -0.309 e. The molecule has 10 aromatic carbocycles. The van der Waals surface area contributed by atoms with Gasteiger partial charge in [0.05, 0.1) is 22.1 Å². The van der Waals surface area contributed by atoms with Crippen molar-refractivity contribution in [2.75, 3.05) is 0 Å². The predicted molar refractivity (Wildman–Crippen MR) is 262 cm³/mol. The van der Waals surface area contributed by atoms with Crippen LogP contribution in [0, 0.1) is 0 Å². The zero-order chi connectivity index (χ0) is 41.0. The van der Waals surface area contributed by atoms with Crippen LogP contribution in [-0.4, -0.2) is 9.13 Å². The number of hydrogen-bond donors (Lipinski definition) is 0. The highest BCUT2D eigenvalue weighted by atomic mass is 15.0. The van der Waals surface area contributed by atoms with Gasteiger partial charge in [0, 0.05) is 32.9 Å². The Morgan fingerprint density at radius 3 is 1.00 bits per heavy atom. The van der Waals surface area contributed by atoms with E-state index in [4.69, 9.17) is 0 Å². The molecule has 2 heteroatoms. The van der Waals surface area contributed by atoms with Crippen molar-refractivity contribution in [1.29, 1.82) is 0 Å². The quantitative estimate of drug-likeness (QED) is 0.152. The van der Waals surface area contributed by atoms with Gasteiger partial charge < -0.3 is 9.13 Å². The summed E-state index contributed by atoms with van der Waals surface area (Å²) in [5, 5.41) is 5.01. The van der Waals surface area contributed by atoms with Crippen molar-refractivity contribution in [2.45, 2.75) is 0 Å². The van der Waals surface area contributed by atoms with Crippen LogP contribution in [-0.2, 0) is 0 Å². The lowest BCUT2D eigenvalue weighted by Crippen LogP contribution is -1.94. The zero-order valence-electron chi connectivity index (χ0n) is 34.0. The molecule has 2 aromatic heterocycles. The maximum absolute atomic E-state index is 2.42. The Balaban J connectivity index is 0.977. The Hall–Kier alpha value is -8.20. The standard InChI is InChI=1S/C60H40N2/c1-5-15-41(16-6-1)42-31-35-50(36-32-42)62-56-38-34-48(40-54(56)60-52(24-14-26-58(60)62)46-19-9-3-10-20-46)44-29-27-43(28-30-44)47-33-37-55-53(39-47)59-51(45-17-7-2-8-18-45)23-13-25-57(59)61(55)49-21-11-4-12-22-49/h1-40H. The Kier molecular flexibility index (Phi) is 8.53. The molecule has 12 aromatic rings. The SMILES string of the molecule is c1ccc(-c2ccc(-n3c4ccc(-c5ccc(-c6ccc7c(c6)c6c(-c8ccccc8)cccc6n7-c6ccccc6)cc5)cc4c4c(-c5ccccc5)cccc43)cc2)cc1. The van der Waals surface area contributed by atoms with E-state index in [-0.39, 0.29) is 0 Å². The molecule has 0 unspecified atom stereocenters. The van der Waals surface area contributed by atoms with Crippen LogP contribution in [0.4, 0.5) is 0 Å². The predicted octanol–water partition coefficient (Wildman–Crippen LogP) is 16.2. The molecule has 0 fully saturated rings. The van der Waals surface area contributed by atoms with Gasteiger partial charge in [-0.3, -0.25) is 0 Å². The van der Waals surface area contributed by atoms with E-state index in [1.165, 1.54) is 99.2 Å². The summed E-state index contributed by atoms with van der Waals surface area (Å²) < 4.78 is 4.83. The van der Waals surface area contributed by atoms with Crippen molar-refractivity contribution < 1.29 is 0 Å². The molecule has 0 amide bonds. The fourth-order valence-electron chi connectivity index (χ4n) is 9.64. The van der Waals surface area contributed by atoms with Crippen LogP contribution < -0.4 is 0 Å².